The average molecular weight is 309 g/mol. The zero-order valence-corrected chi connectivity index (χ0v) is 12.4. The molecule has 2 aromatic rings. The van der Waals surface area contributed by atoms with Crippen LogP contribution in [0.25, 0.3) is 0 Å². The lowest BCUT2D eigenvalue weighted by Gasteiger charge is -2.14. The van der Waals surface area contributed by atoms with E-state index in [0.717, 1.165) is 5.56 Å². The van der Waals surface area contributed by atoms with E-state index in [1.807, 2.05) is 19.1 Å². The number of hydrogen-bond acceptors (Lipinski definition) is 2. The Kier molecular flexibility index (Phi) is 4.53. The van der Waals surface area contributed by atoms with Gasteiger partial charge in [-0.15, -0.1) is 0 Å². The van der Waals surface area contributed by atoms with Crippen LogP contribution in [-0.4, -0.2) is 5.91 Å². The number of carbonyl (C=O) groups excluding carboxylic acids is 1. The smallest absolute Gasteiger partial charge is 0.251 e. The summed E-state index contributed by atoms with van der Waals surface area (Å²) in [5, 5.41) is 4.00. The first-order valence-corrected chi connectivity index (χ1v) is 6.84. The van der Waals surface area contributed by atoms with E-state index in [4.69, 9.17) is 28.9 Å². The minimum atomic E-state index is -0.198. The van der Waals surface area contributed by atoms with E-state index in [9.17, 15) is 4.79 Å². The van der Waals surface area contributed by atoms with Crippen molar-refractivity contribution in [3.8, 4) is 0 Å². The molecule has 104 valence electrons. The van der Waals surface area contributed by atoms with Crippen molar-refractivity contribution < 1.29 is 4.79 Å². The van der Waals surface area contributed by atoms with Gasteiger partial charge in [0.15, 0.2) is 0 Å². The van der Waals surface area contributed by atoms with E-state index in [1.165, 1.54) is 0 Å². The number of nitrogens with two attached hydrogens (primary N) is 1. The summed E-state index contributed by atoms with van der Waals surface area (Å²) in [5.41, 5.74) is 7.53. The molecule has 5 heteroatoms. The van der Waals surface area contributed by atoms with Gasteiger partial charge in [0.1, 0.15) is 0 Å². The number of carbonyl (C=O) groups is 1. The van der Waals surface area contributed by atoms with Crippen LogP contribution in [0.15, 0.2) is 42.5 Å². The summed E-state index contributed by atoms with van der Waals surface area (Å²) >= 11 is 11.7. The molecule has 0 aromatic heterocycles. The fourth-order valence-electron chi connectivity index (χ4n) is 1.80. The molecule has 0 aliphatic rings. The van der Waals surface area contributed by atoms with Gasteiger partial charge < -0.3 is 11.1 Å². The molecule has 0 aliphatic heterocycles. The lowest BCUT2D eigenvalue weighted by Crippen LogP contribution is -2.26. The van der Waals surface area contributed by atoms with Crippen LogP contribution in [0.1, 0.15) is 28.9 Å². The highest BCUT2D eigenvalue weighted by molar-refractivity contribution is 6.33. The predicted octanol–water partition coefficient (Wildman–Crippen LogP) is 4.07. The Morgan fingerprint density at radius 1 is 1.15 bits per heavy atom. The Morgan fingerprint density at radius 2 is 1.80 bits per heavy atom. The first kappa shape index (κ1) is 14.7. The van der Waals surface area contributed by atoms with Gasteiger partial charge in [0, 0.05) is 10.6 Å². The fourth-order valence-corrected chi connectivity index (χ4v) is 2.04. The number of benzene rings is 2. The van der Waals surface area contributed by atoms with Gasteiger partial charge in [-0.1, -0.05) is 35.3 Å². The summed E-state index contributed by atoms with van der Waals surface area (Å²) in [6, 6.07) is 12.0. The maximum atomic E-state index is 12.1. The van der Waals surface area contributed by atoms with E-state index in [1.54, 1.807) is 30.3 Å². The van der Waals surface area contributed by atoms with Crippen molar-refractivity contribution in [2.24, 2.45) is 0 Å². The molecule has 3 N–H and O–H groups in total. The first-order valence-electron chi connectivity index (χ1n) is 6.08. The number of nitrogen functional groups attached to an aromatic ring is 1. The summed E-state index contributed by atoms with van der Waals surface area (Å²) in [6.07, 6.45) is 0. The van der Waals surface area contributed by atoms with Crippen molar-refractivity contribution in [1.29, 1.82) is 0 Å². The molecule has 1 amide bonds. The Labute approximate surface area is 127 Å². The van der Waals surface area contributed by atoms with Crippen LogP contribution in [0.5, 0.6) is 0 Å². The summed E-state index contributed by atoms with van der Waals surface area (Å²) in [6.45, 7) is 1.90. The number of nitrogens with one attached hydrogen (secondary N) is 1. The van der Waals surface area contributed by atoms with Gasteiger partial charge in [0.2, 0.25) is 0 Å². The number of halogens is 2. The molecule has 2 aromatic carbocycles. The minimum Gasteiger partial charge on any atom is -0.398 e. The van der Waals surface area contributed by atoms with Crippen LogP contribution in [0, 0.1) is 0 Å². The SMILES string of the molecule is CC(NC(=O)c1ccc(Cl)c(N)c1)c1ccc(Cl)cc1. The first-order chi connectivity index (χ1) is 9.47. The Bertz CT molecular complexity index is 626. The molecular formula is C15H14Cl2N2O. The van der Waals surface area contributed by atoms with Crippen molar-refractivity contribution in [2.75, 3.05) is 5.73 Å². The number of anilines is 1. The van der Waals surface area contributed by atoms with E-state index in [0.29, 0.717) is 21.3 Å². The highest BCUT2D eigenvalue weighted by Crippen LogP contribution is 2.21. The highest BCUT2D eigenvalue weighted by atomic mass is 35.5. The molecule has 20 heavy (non-hydrogen) atoms. The molecule has 2 rings (SSSR count). The zero-order chi connectivity index (χ0) is 14.7. The van der Waals surface area contributed by atoms with Crippen molar-refractivity contribution in [3.63, 3.8) is 0 Å². The van der Waals surface area contributed by atoms with Gasteiger partial charge in [0.05, 0.1) is 16.8 Å². The fraction of sp³-hybridized carbons (Fsp3) is 0.133. The summed E-state index contributed by atoms with van der Waals surface area (Å²) < 4.78 is 0. The average Bonchev–Trinajstić information content (AvgIpc) is 2.42. The molecule has 0 heterocycles. The third kappa shape index (κ3) is 3.44. The monoisotopic (exact) mass is 308 g/mol. The quantitative estimate of drug-likeness (QED) is 0.840. The zero-order valence-electron chi connectivity index (χ0n) is 10.9. The van der Waals surface area contributed by atoms with Crippen molar-refractivity contribution >= 4 is 34.8 Å². The third-order valence-electron chi connectivity index (χ3n) is 2.98. The Hall–Kier alpha value is -1.71. The van der Waals surface area contributed by atoms with Crippen molar-refractivity contribution in [2.45, 2.75) is 13.0 Å². The van der Waals surface area contributed by atoms with Crippen molar-refractivity contribution in [1.82, 2.24) is 5.32 Å². The predicted molar refractivity (Wildman–Crippen MR) is 83.2 cm³/mol. The van der Waals surface area contributed by atoms with Crippen LogP contribution in [0.2, 0.25) is 10.0 Å². The summed E-state index contributed by atoms with van der Waals surface area (Å²) in [7, 11) is 0. The Morgan fingerprint density at radius 3 is 2.40 bits per heavy atom. The van der Waals surface area contributed by atoms with Gasteiger partial charge in [-0.3, -0.25) is 4.79 Å². The third-order valence-corrected chi connectivity index (χ3v) is 3.57. The second kappa shape index (κ2) is 6.16. The van der Waals surface area contributed by atoms with Gasteiger partial charge in [-0.05, 0) is 42.8 Å². The molecule has 0 radical (unpaired) electrons. The second-order valence-corrected chi connectivity index (χ2v) is 5.33. The summed E-state index contributed by atoms with van der Waals surface area (Å²) in [5.74, 6) is -0.198. The maximum absolute atomic E-state index is 12.1. The lowest BCUT2D eigenvalue weighted by molar-refractivity contribution is 0.0940. The molecule has 0 bridgehead atoms. The topological polar surface area (TPSA) is 55.1 Å². The molecule has 0 fully saturated rings. The van der Waals surface area contributed by atoms with Gasteiger partial charge in [-0.25, -0.2) is 0 Å². The molecule has 0 saturated carbocycles. The number of hydrogen-bond donors (Lipinski definition) is 2. The lowest BCUT2D eigenvalue weighted by atomic mass is 10.1. The van der Waals surface area contributed by atoms with Gasteiger partial charge >= 0.3 is 0 Å². The Balaban J connectivity index is 2.10. The second-order valence-electron chi connectivity index (χ2n) is 4.48. The molecule has 1 unspecified atom stereocenters. The van der Waals surface area contributed by atoms with Crippen LogP contribution in [0.4, 0.5) is 5.69 Å². The van der Waals surface area contributed by atoms with E-state index in [-0.39, 0.29) is 11.9 Å². The van der Waals surface area contributed by atoms with Crippen molar-refractivity contribution in [3.05, 3.63) is 63.6 Å². The number of amides is 1. The molecular weight excluding hydrogens is 295 g/mol. The normalized spacial score (nSPS) is 11.9. The van der Waals surface area contributed by atoms with Gasteiger partial charge in [0.25, 0.3) is 5.91 Å². The van der Waals surface area contributed by atoms with E-state index in [2.05, 4.69) is 5.32 Å². The minimum absolute atomic E-state index is 0.128. The molecule has 0 spiro atoms. The van der Waals surface area contributed by atoms with E-state index < -0.39 is 0 Å². The van der Waals surface area contributed by atoms with Crippen LogP contribution in [0.3, 0.4) is 0 Å². The van der Waals surface area contributed by atoms with E-state index >= 15 is 0 Å². The molecule has 3 nitrogen and oxygen atoms in total. The van der Waals surface area contributed by atoms with Crippen LogP contribution < -0.4 is 11.1 Å². The molecule has 1 atom stereocenters. The van der Waals surface area contributed by atoms with Crippen LogP contribution >= 0.6 is 23.2 Å². The maximum Gasteiger partial charge on any atom is 0.251 e. The molecule has 0 saturated heterocycles. The largest absolute Gasteiger partial charge is 0.398 e. The molecule has 0 aliphatic carbocycles. The van der Waals surface area contributed by atoms with Crippen LogP contribution in [-0.2, 0) is 0 Å². The summed E-state index contributed by atoms with van der Waals surface area (Å²) in [4.78, 5) is 12.1. The van der Waals surface area contributed by atoms with Gasteiger partial charge in [-0.2, -0.15) is 0 Å². The number of rotatable bonds is 3. The standard InChI is InChI=1S/C15H14Cl2N2O/c1-9(10-2-5-12(16)6-3-10)19-15(20)11-4-7-13(17)14(18)8-11/h2-9H,18H2,1H3,(H,19,20). The highest BCUT2D eigenvalue weighted by Gasteiger charge is 2.12.